The van der Waals surface area contributed by atoms with Gasteiger partial charge in [-0.25, -0.2) is 0 Å². The molecule has 0 radical (unpaired) electrons. The molecule has 5 heteroatoms. The normalized spacial score (nSPS) is 26.2. The summed E-state index contributed by atoms with van der Waals surface area (Å²) in [6.07, 6.45) is 0.627. The number of carbonyl (C=O) groups excluding carboxylic acids is 2. The molecule has 0 bridgehead atoms. The zero-order valence-electron chi connectivity index (χ0n) is 8.19. The van der Waals surface area contributed by atoms with Crippen molar-refractivity contribution in [1.82, 2.24) is 0 Å². The summed E-state index contributed by atoms with van der Waals surface area (Å²) in [6, 6.07) is 0. The lowest BCUT2D eigenvalue weighted by atomic mass is 10.2. The monoisotopic (exact) mass is 201 g/mol. The molecule has 0 aromatic heterocycles. The van der Waals surface area contributed by atoms with Crippen LogP contribution in [-0.2, 0) is 19.1 Å². The van der Waals surface area contributed by atoms with Gasteiger partial charge in [-0.1, -0.05) is 13.3 Å². The van der Waals surface area contributed by atoms with Gasteiger partial charge in [-0.2, -0.15) is 0 Å². The summed E-state index contributed by atoms with van der Waals surface area (Å²) < 4.78 is 10.1. The fraction of sp³-hybridized carbons (Fsp3) is 0.778. The second kappa shape index (κ2) is 4.95. The molecule has 0 aromatic rings. The quantitative estimate of drug-likeness (QED) is 0.500. The van der Waals surface area contributed by atoms with Gasteiger partial charge in [0.15, 0.2) is 0 Å². The Kier molecular flexibility index (Phi) is 3.88. The van der Waals surface area contributed by atoms with E-state index in [4.69, 9.17) is 15.2 Å². The number of hydrogen-bond acceptors (Lipinski definition) is 4. The molecule has 1 aliphatic heterocycles. The van der Waals surface area contributed by atoms with E-state index in [-0.39, 0.29) is 6.42 Å². The largest absolute Gasteiger partial charge is 0.449 e. The number of primary amides is 1. The van der Waals surface area contributed by atoms with Gasteiger partial charge >= 0.3 is 5.97 Å². The van der Waals surface area contributed by atoms with Crippen molar-refractivity contribution in [2.75, 3.05) is 6.61 Å². The maximum absolute atomic E-state index is 10.9. The molecule has 1 rings (SSSR count). The lowest BCUT2D eigenvalue weighted by molar-refractivity contribution is -0.148. The van der Waals surface area contributed by atoms with Crippen LogP contribution in [0.2, 0.25) is 0 Å². The van der Waals surface area contributed by atoms with Gasteiger partial charge in [-0.3, -0.25) is 9.59 Å². The fourth-order valence-electron chi connectivity index (χ4n) is 1.30. The van der Waals surface area contributed by atoms with Gasteiger partial charge in [0.2, 0.25) is 6.10 Å². The molecule has 1 aliphatic rings. The summed E-state index contributed by atoms with van der Waals surface area (Å²) in [5, 5.41) is 0. The van der Waals surface area contributed by atoms with Gasteiger partial charge in [-0.05, 0) is 6.42 Å². The molecule has 14 heavy (non-hydrogen) atoms. The first-order valence-electron chi connectivity index (χ1n) is 4.75. The van der Waals surface area contributed by atoms with Gasteiger partial charge in [-0.15, -0.1) is 0 Å². The average Bonchev–Trinajstić information content (AvgIpc) is 2.47. The first-order valence-corrected chi connectivity index (χ1v) is 4.75. The lowest BCUT2D eigenvalue weighted by Crippen LogP contribution is -2.37. The van der Waals surface area contributed by atoms with E-state index in [0.29, 0.717) is 6.61 Å². The van der Waals surface area contributed by atoms with Gasteiger partial charge in [0, 0.05) is 6.61 Å². The highest BCUT2D eigenvalue weighted by molar-refractivity contribution is 5.86. The maximum Gasteiger partial charge on any atom is 0.309 e. The van der Waals surface area contributed by atoms with Gasteiger partial charge in [0.1, 0.15) is 6.10 Å². The van der Waals surface area contributed by atoms with Crippen LogP contribution in [0.25, 0.3) is 0 Å². The Balaban J connectivity index is 2.41. The highest BCUT2D eigenvalue weighted by Crippen LogP contribution is 2.18. The molecular formula is C9H15NO4. The Bertz CT molecular complexity index is 229. The van der Waals surface area contributed by atoms with Crippen molar-refractivity contribution in [1.29, 1.82) is 0 Å². The van der Waals surface area contributed by atoms with E-state index in [1.165, 1.54) is 0 Å². The van der Waals surface area contributed by atoms with Gasteiger partial charge in [0.25, 0.3) is 5.91 Å². The topological polar surface area (TPSA) is 78.6 Å². The average molecular weight is 201 g/mol. The first kappa shape index (κ1) is 11.0. The number of hydrogen-bond donors (Lipinski definition) is 1. The molecule has 1 saturated heterocycles. The second-order valence-electron chi connectivity index (χ2n) is 3.28. The van der Waals surface area contributed by atoms with Crippen LogP contribution < -0.4 is 5.73 Å². The van der Waals surface area contributed by atoms with Crippen LogP contribution in [-0.4, -0.2) is 30.7 Å². The zero-order valence-corrected chi connectivity index (χ0v) is 8.19. The first-order chi connectivity index (χ1) is 6.65. The third-order valence-corrected chi connectivity index (χ3v) is 2.07. The van der Waals surface area contributed by atoms with E-state index in [1.807, 2.05) is 6.92 Å². The summed E-state index contributed by atoms with van der Waals surface area (Å²) in [5.41, 5.74) is 5.06. The van der Waals surface area contributed by atoms with Crippen molar-refractivity contribution in [3.63, 3.8) is 0 Å². The lowest BCUT2D eigenvalue weighted by Gasteiger charge is -2.14. The molecule has 5 nitrogen and oxygen atoms in total. The maximum atomic E-state index is 10.9. The molecule has 0 aliphatic carbocycles. The Morgan fingerprint density at radius 2 is 2.43 bits per heavy atom. The molecule has 0 saturated carbocycles. The van der Waals surface area contributed by atoms with E-state index in [0.717, 1.165) is 12.8 Å². The third kappa shape index (κ3) is 2.70. The van der Waals surface area contributed by atoms with E-state index in [2.05, 4.69) is 0 Å². The molecule has 0 aromatic carbocycles. The van der Waals surface area contributed by atoms with Crippen LogP contribution in [0.4, 0.5) is 0 Å². The molecule has 2 atom stereocenters. The summed E-state index contributed by atoms with van der Waals surface area (Å²) in [5.74, 6) is -1.06. The zero-order chi connectivity index (χ0) is 10.6. The minimum Gasteiger partial charge on any atom is -0.449 e. The summed E-state index contributed by atoms with van der Waals surface area (Å²) in [4.78, 5) is 21.7. The van der Waals surface area contributed by atoms with E-state index >= 15 is 0 Å². The van der Waals surface area contributed by atoms with Gasteiger partial charge in [0.05, 0.1) is 6.42 Å². The summed E-state index contributed by atoms with van der Waals surface area (Å²) in [6.45, 7) is 2.56. The van der Waals surface area contributed by atoms with Crippen LogP contribution in [0, 0.1) is 0 Å². The summed E-state index contributed by atoms with van der Waals surface area (Å²) in [7, 11) is 0. The highest BCUT2D eigenvalue weighted by atomic mass is 16.6. The van der Waals surface area contributed by atoms with Crippen LogP contribution in [0.1, 0.15) is 26.2 Å². The number of rotatable bonds is 5. The van der Waals surface area contributed by atoms with Crippen molar-refractivity contribution >= 4 is 11.9 Å². The predicted molar refractivity (Wildman–Crippen MR) is 48.3 cm³/mol. The fourth-order valence-corrected chi connectivity index (χ4v) is 1.30. The molecule has 0 unspecified atom stereocenters. The van der Waals surface area contributed by atoms with Crippen molar-refractivity contribution < 1.29 is 19.1 Å². The van der Waals surface area contributed by atoms with Crippen molar-refractivity contribution in [3.8, 4) is 0 Å². The number of carbonyl (C=O) groups is 2. The van der Waals surface area contributed by atoms with Crippen molar-refractivity contribution in [2.45, 2.75) is 38.4 Å². The Labute approximate surface area is 82.5 Å². The number of ether oxygens (including phenoxy) is 2. The Morgan fingerprint density at radius 3 is 3.00 bits per heavy atom. The van der Waals surface area contributed by atoms with E-state index in [9.17, 15) is 9.59 Å². The van der Waals surface area contributed by atoms with Crippen LogP contribution in [0.5, 0.6) is 0 Å². The molecular weight excluding hydrogens is 186 g/mol. The molecule has 80 valence electrons. The Morgan fingerprint density at radius 1 is 1.71 bits per heavy atom. The molecule has 1 amide bonds. The van der Waals surface area contributed by atoms with E-state index in [1.54, 1.807) is 0 Å². The minimum atomic E-state index is -0.903. The molecule has 1 heterocycles. The predicted octanol–water partition coefficient (Wildman–Crippen LogP) is -0.0275. The van der Waals surface area contributed by atoms with Crippen LogP contribution in [0.3, 0.4) is 0 Å². The summed E-state index contributed by atoms with van der Waals surface area (Å²) >= 11 is 0. The number of nitrogens with two attached hydrogens (primary N) is 1. The van der Waals surface area contributed by atoms with Crippen molar-refractivity contribution in [2.24, 2.45) is 5.73 Å². The standard InChI is InChI=1S/C9H15NO4/c1-2-3-4-13-6-5-7(11)14-8(6)9(10)12/h6,8H,2-5H2,1H3,(H2,10,12)/t6-,8-/m0/s1. The molecule has 0 spiro atoms. The number of cyclic esters (lactones) is 1. The molecule has 1 fully saturated rings. The van der Waals surface area contributed by atoms with Crippen molar-refractivity contribution in [3.05, 3.63) is 0 Å². The molecule has 2 N–H and O–H groups in total. The van der Waals surface area contributed by atoms with E-state index < -0.39 is 24.1 Å². The number of unbranched alkanes of at least 4 members (excludes halogenated alkanes) is 1. The number of esters is 1. The van der Waals surface area contributed by atoms with Gasteiger partial charge < -0.3 is 15.2 Å². The second-order valence-corrected chi connectivity index (χ2v) is 3.28. The van der Waals surface area contributed by atoms with Crippen LogP contribution >= 0.6 is 0 Å². The van der Waals surface area contributed by atoms with Crippen LogP contribution in [0.15, 0.2) is 0 Å². The highest BCUT2D eigenvalue weighted by Gasteiger charge is 2.39. The Hall–Kier alpha value is -1.10. The minimum absolute atomic E-state index is 0.122. The number of amides is 1. The SMILES string of the molecule is CCCCO[C@H]1CC(=O)O[C@@H]1C(N)=O. The smallest absolute Gasteiger partial charge is 0.309 e. The third-order valence-electron chi connectivity index (χ3n) is 2.07.